The predicted octanol–water partition coefficient (Wildman–Crippen LogP) is -0.232. The van der Waals surface area contributed by atoms with Crippen molar-refractivity contribution in [1.29, 1.82) is 0 Å². The van der Waals surface area contributed by atoms with E-state index in [2.05, 4.69) is 16.0 Å². The van der Waals surface area contributed by atoms with E-state index >= 15 is 0 Å². The summed E-state index contributed by atoms with van der Waals surface area (Å²) in [7, 11) is 0. The van der Waals surface area contributed by atoms with Crippen LogP contribution >= 0.6 is 0 Å². The molecule has 5 nitrogen and oxygen atoms in total. The Balaban J connectivity index is 2.27. The van der Waals surface area contributed by atoms with Gasteiger partial charge in [-0.2, -0.15) is 0 Å². The number of nitrogens with one attached hydrogen (secondary N) is 3. The zero-order valence-electron chi connectivity index (χ0n) is 10.2. The van der Waals surface area contributed by atoms with Crippen molar-refractivity contribution >= 4 is 11.8 Å². The maximum atomic E-state index is 11.6. The van der Waals surface area contributed by atoms with Crippen LogP contribution in [0, 0.1) is 0 Å². The molecule has 1 aliphatic rings. The summed E-state index contributed by atoms with van der Waals surface area (Å²) in [5.74, 6) is -0.104. The number of rotatable bonds is 6. The molecule has 5 heteroatoms. The molecule has 0 spiro atoms. The minimum absolute atomic E-state index is 0.0290. The first-order chi connectivity index (χ1) is 7.54. The Morgan fingerprint density at radius 1 is 1.19 bits per heavy atom. The molecule has 16 heavy (non-hydrogen) atoms. The maximum Gasteiger partial charge on any atom is 0.237 e. The molecule has 0 aromatic heterocycles. The van der Waals surface area contributed by atoms with Crippen LogP contribution in [-0.2, 0) is 9.59 Å². The summed E-state index contributed by atoms with van der Waals surface area (Å²) in [6.45, 7) is 6.00. The summed E-state index contributed by atoms with van der Waals surface area (Å²) >= 11 is 0. The summed E-state index contributed by atoms with van der Waals surface area (Å²) in [6.07, 6.45) is 2.15. The predicted molar refractivity (Wildman–Crippen MR) is 61.9 cm³/mol. The molecule has 0 aromatic rings. The molecular weight excluding hydrogens is 206 g/mol. The highest BCUT2D eigenvalue weighted by Crippen LogP contribution is 2.18. The molecule has 1 aliphatic carbocycles. The van der Waals surface area contributed by atoms with Gasteiger partial charge in [-0.3, -0.25) is 14.9 Å². The van der Waals surface area contributed by atoms with Crippen molar-refractivity contribution in [3.8, 4) is 0 Å². The lowest BCUT2D eigenvalue weighted by Gasteiger charge is -2.18. The second-order valence-electron chi connectivity index (χ2n) is 4.29. The van der Waals surface area contributed by atoms with E-state index in [1.807, 2.05) is 6.92 Å². The van der Waals surface area contributed by atoms with E-state index in [0.29, 0.717) is 12.6 Å². The van der Waals surface area contributed by atoms with E-state index < -0.39 is 0 Å². The first-order valence-corrected chi connectivity index (χ1v) is 5.88. The third-order valence-corrected chi connectivity index (χ3v) is 2.56. The molecule has 2 atom stereocenters. The number of likely N-dealkylation sites (N-methyl/N-ethyl adjacent to an activating group) is 1. The summed E-state index contributed by atoms with van der Waals surface area (Å²) in [5.41, 5.74) is 0. The van der Waals surface area contributed by atoms with Crippen molar-refractivity contribution < 1.29 is 9.59 Å². The molecule has 0 saturated heterocycles. The van der Waals surface area contributed by atoms with Crippen LogP contribution in [0.2, 0.25) is 0 Å². The molecular formula is C11H21N3O2. The summed E-state index contributed by atoms with van der Waals surface area (Å²) in [6, 6.07) is -0.324. The van der Waals surface area contributed by atoms with Crippen LogP contribution in [0.1, 0.15) is 33.6 Å². The average Bonchev–Trinajstić information content (AvgIpc) is 3.01. The Morgan fingerprint density at radius 3 is 2.25 bits per heavy atom. The molecule has 2 unspecified atom stereocenters. The van der Waals surface area contributed by atoms with Crippen molar-refractivity contribution in [3.63, 3.8) is 0 Å². The second-order valence-corrected chi connectivity index (χ2v) is 4.29. The van der Waals surface area contributed by atoms with E-state index in [4.69, 9.17) is 0 Å². The van der Waals surface area contributed by atoms with Crippen LogP contribution in [0.3, 0.4) is 0 Å². The van der Waals surface area contributed by atoms with Crippen molar-refractivity contribution in [2.45, 2.75) is 51.7 Å². The second kappa shape index (κ2) is 5.84. The van der Waals surface area contributed by atoms with Gasteiger partial charge < -0.3 is 10.6 Å². The van der Waals surface area contributed by atoms with E-state index in [1.54, 1.807) is 13.8 Å². The van der Waals surface area contributed by atoms with E-state index in [0.717, 1.165) is 12.8 Å². The molecule has 92 valence electrons. The van der Waals surface area contributed by atoms with Crippen molar-refractivity contribution in [2.24, 2.45) is 0 Å². The molecule has 0 bridgehead atoms. The number of hydrogen-bond acceptors (Lipinski definition) is 3. The largest absolute Gasteiger partial charge is 0.355 e. The molecule has 3 N–H and O–H groups in total. The summed E-state index contributed by atoms with van der Waals surface area (Å²) < 4.78 is 0. The Morgan fingerprint density at radius 2 is 1.75 bits per heavy atom. The van der Waals surface area contributed by atoms with E-state index in [9.17, 15) is 9.59 Å². The SMILES string of the molecule is CCNC(=O)C(C)NC(C)C(=O)NC1CC1. The van der Waals surface area contributed by atoms with Crippen LogP contribution in [0.25, 0.3) is 0 Å². The van der Waals surface area contributed by atoms with Crippen LogP contribution in [-0.4, -0.2) is 36.5 Å². The molecule has 0 heterocycles. The summed E-state index contributed by atoms with van der Waals surface area (Å²) in [4.78, 5) is 23.0. The van der Waals surface area contributed by atoms with Gasteiger partial charge in [-0.05, 0) is 33.6 Å². The fourth-order valence-electron chi connectivity index (χ4n) is 1.41. The Hall–Kier alpha value is -1.10. The third-order valence-electron chi connectivity index (χ3n) is 2.56. The third kappa shape index (κ3) is 4.18. The lowest BCUT2D eigenvalue weighted by molar-refractivity contribution is -0.125. The Labute approximate surface area is 96.4 Å². The zero-order valence-corrected chi connectivity index (χ0v) is 10.2. The minimum atomic E-state index is -0.347. The highest BCUT2D eigenvalue weighted by molar-refractivity contribution is 5.85. The lowest BCUT2D eigenvalue weighted by atomic mass is 10.2. The van der Waals surface area contributed by atoms with Gasteiger partial charge in [-0.25, -0.2) is 0 Å². The minimum Gasteiger partial charge on any atom is -0.355 e. The smallest absolute Gasteiger partial charge is 0.237 e. The van der Waals surface area contributed by atoms with Gasteiger partial charge in [-0.1, -0.05) is 0 Å². The number of carbonyl (C=O) groups is 2. The molecule has 1 saturated carbocycles. The quantitative estimate of drug-likeness (QED) is 0.587. The molecule has 0 aromatic carbocycles. The first kappa shape index (κ1) is 13.0. The molecule has 0 aliphatic heterocycles. The van der Waals surface area contributed by atoms with Crippen molar-refractivity contribution in [1.82, 2.24) is 16.0 Å². The van der Waals surface area contributed by atoms with E-state index in [1.165, 1.54) is 0 Å². The molecule has 1 rings (SSSR count). The number of amides is 2. The average molecular weight is 227 g/mol. The van der Waals surface area contributed by atoms with Crippen LogP contribution in [0.5, 0.6) is 0 Å². The topological polar surface area (TPSA) is 70.2 Å². The lowest BCUT2D eigenvalue weighted by Crippen LogP contribution is -2.51. The Kier molecular flexibility index (Phi) is 4.73. The molecule has 0 radical (unpaired) electrons. The highest BCUT2D eigenvalue weighted by Gasteiger charge is 2.26. The van der Waals surface area contributed by atoms with Crippen molar-refractivity contribution in [3.05, 3.63) is 0 Å². The van der Waals surface area contributed by atoms with Gasteiger partial charge >= 0.3 is 0 Å². The van der Waals surface area contributed by atoms with Gasteiger partial charge in [0.1, 0.15) is 0 Å². The van der Waals surface area contributed by atoms with Crippen LogP contribution in [0.15, 0.2) is 0 Å². The van der Waals surface area contributed by atoms with Gasteiger partial charge in [0.05, 0.1) is 12.1 Å². The van der Waals surface area contributed by atoms with Gasteiger partial charge in [0.25, 0.3) is 0 Å². The monoisotopic (exact) mass is 227 g/mol. The zero-order chi connectivity index (χ0) is 12.1. The normalized spacial score (nSPS) is 18.7. The first-order valence-electron chi connectivity index (χ1n) is 5.88. The number of carbonyl (C=O) groups excluding carboxylic acids is 2. The molecule has 2 amide bonds. The van der Waals surface area contributed by atoms with Gasteiger partial charge in [0, 0.05) is 12.6 Å². The fourth-order valence-corrected chi connectivity index (χ4v) is 1.41. The van der Waals surface area contributed by atoms with Crippen LogP contribution in [0.4, 0.5) is 0 Å². The standard InChI is InChI=1S/C11H21N3O2/c1-4-12-10(15)7(2)13-8(3)11(16)14-9-5-6-9/h7-9,13H,4-6H2,1-3H3,(H,12,15)(H,14,16). The summed E-state index contributed by atoms with van der Waals surface area (Å²) in [5, 5.41) is 8.58. The highest BCUT2D eigenvalue weighted by atomic mass is 16.2. The molecule has 1 fully saturated rings. The number of hydrogen-bond donors (Lipinski definition) is 3. The van der Waals surface area contributed by atoms with Gasteiger partial charge in [0.15, 0.2) is 0 Å². The Bertz CT molecular complexity index is 264. The fraction of sp³-hybridized carbons (Fsp3) is 0.818. The maximum absolute atomic E-state index is 11.6. The van der Waals surface area contributed by atoms with Crippen LogP contribution < -0.4 is 16.0 Å². The van der Waals surface area contributed by atoms with Crippen molar-refractivity contribution in [2.75, 3.05) is 6.54 Å². The van der Waals surface area contributed by atoms with E-state index in [-0.39, 0.29) is 23.9 Å². The van der Waals surface area contributed by atoms with Gasteiger partial charge in [-0.15, -0.1) is 0 Å². The van der Waals surface area contributed by atoms with Gasteiger partial charge in [0.2, 0.25) is 11.8 Å².